The molecule has 2 aromatic heterocycles. The molecule has 5 rings (SSSR count). The number of aliphatic hydroxyl groups is 1. The van der Waals surface area contributed by atoms with E-state index in [4.69, 9.17) is 14.2 Å². The van der Waals surface area contributed by atoms with Crippen LogP contribution in [0, 0.1) is 12.7 Å². The Hall–Kier alpha value is -5.16. The monoisotopic (exact) mass is 572 g/mol. The fourth-order valence-electron chi connectivity index (χ4n) is 4.47. The normalized spacial score (nSPS) is 11.8. The quantitative estimate of drug-likeness (QED) is 0.256. The molecule has 2 heterocycles. The Morgan fingerprint density at radius 3 is 2.43 bits per heavy atom. The molecule has 3 aromatic carbocycles. The van der Waals surface area contributed by atoms with Crippen molar-refractivity contribution < 1.29 is 28.5 Å². The zero-order chi connectivity index (χ0) is 30.0. The predicted octanol–water partition coefficient (Wildman–Crippen LogP) is 4.98. The third kappa shape index (κ3) is 5.68. The number of nitrogens with zero attached hydrogens (tertiary/aromatic N) is 3. The van der Waals surface area contributed by atoms with E-state index < -0.39 is 23.4 Å². The first-order valence-corrected chi connectivity index (χ1v) is 13.1. The van der Waals surface area contributed by atoms with E-state index in [2.05, 4.69) is 10.3 Å². The van der Waals surface area contributed by atoms with E-state index in [9.17, 15) is 19.1 Å². The second kappa shape index (κ2) is 11.8. The molecule has 0 aliphatic rings. The van der Waals surface area contributed by atoms with Crippen LogP contribution in [0.1, 0.15) is 23.0 Å². The molecule has 10 nitrogen and oxygen atoms in total. The first kappa shape index (κ1) is 28.4. The van der Waals surface area contributed by atoms with Crippen LogP contribution in [-0.2, 0) is 7.05 Å². The fraction of sp³-hybridized carbons (Fsp3) is 0.194. The first-order valence-electron chi connectivity index (χ1n) is 13.1. The lowest BCUT2D eigenvalue weighted by molar-refractivity contribution is 0.102. The van der Waals surface area contributed by atoms with E-state index >= 15 is 0 Å². The predicted molar refractivity (Wildman–Crippen MR) is 156 cm³/mol. The number of aromatic nitrogens is 3. The average molecular weight is 573 g/mol. The molecule has 5 aromatic rings. The van der Waals surface area contributed by atoms with Gasteiger partial charge in [-0.3, -0.25) is 19.3 Å². The molecule has 1 amide bonds. The number of fused-ring (bicyclic) bond motifs is 1. The van der Waals surface area contributed by atoms with Crippen molar-refractivity contribution in [3.05, 3.63) is 100 Å². The van der Waals surface area contributed by atoms with Crippen LogP contribution >= 0.6 is 0 Å². The Morgan fingerprint density at radius 2 is 1.76 bits per heavy atom. The number of hydrogen-bond donors (Lipinski definition) is 2. The van der Waals surface area contributed by atoms with Crippen molar-refractivity contribution in [1.29, 1.82) is 0 Å². The van der Waals surface area contributed by atoms with Crippen molar-refractivity contribution in [3.8, 4) is 28.7 Å². The number of aliphatic hydroxyl groups excluding tert-OH is 1. The smallest absolute Gasteiger partial charge is 0.284 e. The summed E-state index contributed by atoms with van der Waals surface area (Å²) in [6, 6.07) is 17.4. The molecule has 0 spiro atoms. The minimum Gasteiger partial charge on any atom is -0.493 e. The summed E-state index contributed by atoms with van der Waals surface area (Å²) in [6.45, 7) is 3.40. The van der Waals surface area contributed by atoms with Crippen molar-refractivity contribution >= 4 is 22.5 Å². The van der Waals surface area contributed by atoms with Crippen LogP contribution in [-0.4, -0.2) is 45.2 Å². The summed E-state index contributed by atoms with van der Waals surface area (Å²) in [5.74, 6) is 0.959. The molecule has 0 aliphatic carbocycles. The lowest BCUT2D eigenvalue weighted by atomic mass is 10.1. The van der Waals surface area contributed by atoms with Gasteiger partial charge in [-0.25, -0.2) is 9.07 Å². The average Bonchev–Trinajstić information content (AvgIpc) is 3.20. The van der Waals surface area contributed by atoms with Gasteiger partial charge in [0.25, 0.3) is 11.5 Å². The molecule has 11 heteroatoms. The van der Waals surface area contributed by atoms with Gasteiger partial charge in [0.1, 0.15) is 29.5 Å². The van der Waals surface area contributed by atoms with Crippen molar-refractivity contribution in [1.82, 2.24) is 14.3 Å². The van der Waals surface area contributed by atoms with Gasteiger partial charge in [-0.2, -0.15) is 0 Å². The lowest BCUT2D eigenvalue weighted by Crippen LogP contribution is -2.25. The second-order valence-corrected chi connectivity index (χ2v) is 9.65. The zero-order valence-corrected chi connectivity index (χ0v) is 23.4. The minimum atomic E-state index is -0.641. The Bertz CT molecular complexity index is 1810. The van der Waals surface area contributed by atoms with Gasteiger partial charge < -0.3 is 24.6 Å². The van der Waals surface area contributed by atoms with Crippen LogP contribution in [0.5, 0.6) is 23.0 Å². The standard InChI is InChI=1S/C31H29FN4O6/c1-18(37)17-41-28-16-25-24(15-27(28)40-4)26(13-14-33-25)42-23-11-7-21(8-12-23)34-30(38)29-19(2)35(3)36(31(29)39)22-9-5-20(32)6-10-22/h5-16,18,37H,17H2,1-4H3,(H,34,38). The van der Waals surface area contributed by atoms with E-state index in [1.54, 1.807) is 74.2 Å². The number of pyridine rings is 1. The highest BCUT2D eigenvalue weighted by Gasteiger charge is 2.22. The Labute approximate surface area is 240 Å². The van der Waals surface area contributed by atoms with Crippen LogP contribution < -0.4 is 25.1 Å². The Balaban J connectivity index is 1.35. The first-order chi connectivity index (χ1) is 20.2. The van der Waals surface area contributed by atoms with E-state index in [1.807, 2.05) is 0 Å². The number of rotatable bonds is 9. The summed E-state index contributed by atoms with van der Waals surface area (Å²) >= 11 is 0. The molecule has 0 aliphatic heterocycles. The Kier molecular flexibility index (Phi) is 7.94. The number of ether oxygens (including phenoxy) is 3. The fourth-order valence-corrected chi connectivity index (χ4v) is 4.47. The molecule has 1 atom stereocenters. The lowest BCUT2D eigenvalue weighted by Gasteiger charge is -2.15. The molecule has 0 saturated heterocycles. The number of hydrogen-bond acceptors (Lipinski definition) is 7. The van der Waals surface area contributed by atoms with Crippen molar-refractivity contribution in [2.45, 2.75) is 20.0 Å². The molecule has 0 fully saturated rings. The number of methoxy groups -OCH3 is 1. The SMILES string of the molecule is COc1cc2c(Oc3ccc(NC(=O)c4c(C)n(C)n(-c5ccc(F)cc5)c4=O)cc3)ccnc2cc1OCC(C)O. The van der Waals surface area contributed by atoms with Crippen LogP contribution in [0.2, 0.25) is 0 Å². The molecule has 42 heavy (non-hydrogen) atoms. The maximum atomic E-state index is 13.4. The molecule has 0 radical (unpaired) electrons. The van der Waals surface area contributed by atoms with E-state index in [0.717, 1.165) is 0 Å². The maximum absolute atomic E-state index is 13.4. The highest BCUT2D eigenvalue weighted by atomic mass is 19.1. The summed E-state index contributed by atoms with van der Waals surface area (Å²) in [4.78, 5) is 30.7. The third-order valence-corrected chi connectivity index (χ3v) is 6.66. The number of anilines is 1. The number of halogens is 1. The summed E-state index contributed by atoms with van der Waals surface area (Å²) in [7, 11) is 3.18. The highest BCUT2D eigenvalue weighted by Crippen LogP contribution is 2.37. The summed E-state index contributed by atoms with van der Waals surface area (Å²) < 4.78 is 33.5. The number of carbonyl (C=O) groups is 1. The minimum absolute atomic E-state index is 0.0175. The maximum Gasteiger partial charge on any atom is 0.284 e. The van der Waals surface area contributed by atoms with Crippen molar-refractivity contribution in [2.24, 2.45) is 7.05 Å². The molecule has 1 unspecified atom stereocenters. The van der Waals surface area contributed by atoms with Crippen LogP contribution in [0.15, 0.2) is 77.7 Å². The zero-order valence-electron chi connectivity index (χ0n) is 23.4. The van der Waals surface area contributed by atoms with Gasteiger partial charge in [-0.15, -0.1) is 0 Å². The van der Waals surface area contributed by atoms with Gasteiger partial charge in [-0.1, -0.05) is 0 Å². The number of carbonyl (C=O) groups excluding carboxylic acids is 1. The van der Waals surface area contributed by atoms with E-state index in [0.29, 0.717) is 51.0 Å². The highest BCUT2D eigenvalue weighted by molar-refractivity contribution is 6.05. The second-order valence-electron chi connectivity index (χ2n) is 9.65. The third-order valence-electron chi connectivity index (χ3n) is 6.66. The largest absolute Gasteiger partial charge is 0.493 e. The molecule has 0 saturated carbocycles. The van der Waals surface area contributed by atoms with E-state index in [-0.39, 0.29) is 12.2 Å². The molecule has 216 valence electrons. The molecule has 2 N–H and O–H groups in total. The molecular formula is C31H29FN4O6. The van der Waals surface area contributed by atoms with Crippen molar-refractivity contribution in [2.75, 3.05) is 19.0 Å². The van der Waals surface area contributed by atoms with Gasteiger partial charge in [0, 0.05) is 30.4 Å². The Morgan fingerprint density at radius 1 is 1.05 bits per heavy atom. The van der Waals surface area contributed by atoms with Crippen LogP contribution in [0.4, 0.5) is 10.1 Å². The van der Waals surface area contributed by atoms with Crippen LogP contribution in [0.25, 0.3) is 16.6 Å². The topological polar surface area (TPSA) is 117 Å². The van der Waals surface area contributed by atoms with Gasteiger partial charge in [0.05, 0.1) is 30.1 Å². The van der Waals surface area contributed by atoms with Gasteiger partial charge in [0.2, 0.25) is 0 Å². The summed E-state index contributed by atoms with van der Waals surface area (Å²) in [6.07, 6.45) is 0.968. The number of benzene rings is 3. The van der Waals surface area contributed by atoms with Crippen LogP contribution in [0.3, 0.4) is 0 Å². The molecule has 0 bridgehead atoms. The molecular weight excluding hydrogens is 543 g/mol. The van der Waals surface area contributed by atoms with E-state index in [1.165, 1.54) is 36.1 Å². The van der Waals surface area contributed by atoms with Crippen molar-refractivity contribution in [3.63, 3.8) is 0 Å². The number of nitrogens with one attached hydrogen (secondary N) is 1. The van der Waals surface area contributed by atoms with Gasteiger partial charge in [0.15, 0.2) is 11.5 Å². The number of amides is 1. The summed E-state index contributed by atoms with van der Waals surface area (Å²) in [5, 5.41) is 13.0. The van der Waals surface area contributed by atoms with Gasteiger partial charge in [-0.05, 0) is 74.5 Å². The van der Waals surface area contributed by atoms with Gasteiger partial charge >= 0.3 is 0 Å². The summed E-state index contributed by atoms with van der Waals surface area (Å²) in [5.41, 5.74) is 1.44.